The molecule has 3 rings (SSSR count). The van der Waals surface area contributed by atoms with Gasteiger partial charge < -0.3 is 15.0 Å². The molecule has 0 aromatic carbocycles. The molecular formula is C19H31Cl2N5O2. The standard InChI is InChI=1S/C19H29N5O2.2ClH/c1-12-15(8-9-16(25)24-10-6-7-14(24)11-20-3)13(2)21-18-17(12)19(26-5)22-23(18)4;;/h14,20H,6-11H2,1-5H3;2*1H. The summed E-state index contributed by atoms with van der Waals surface area (Å²) >= 11 is 0. The topological polar surface area (TPSA) is 72.3 Å². The predicted molar refractivity (Wildman–Crippen MR) is 116 cm³/mol. The fourth-order valence-electron chi connectivity index (χ4n) is 4.09. The van der Waals surface area contributed by atoms with Crippen LogP contribution in [0.5, 0.6) is 5.88 Å². The number of rotatable bonds is 6. The summed E-state index contributed by atoms with van der Waals surface area (Å²) in [7, 11) is 5.44. The molecule has 7 nitrogen and oxygen atoms in total. The molecule has 158 valence electrons. The van der Waals surface area contributed by atoms with E-state index in [9.17, 15) is 4.79 Å². The maximum absolute atomic E-state index is 12.8. The fraction of sp³-hybridized carbons (Fsp3) is 0.632. The zero-order chi connectivity index (χ0) is 18.8. The number of hydrogen-bond donors (Lipinski definition) is 1. The van der Waals surface area contributed by atoms with Crippen LogP contribution in [0.2, 0.25) is 0 Å². The van der Waals surface area contributed by atoms with Crippen molar-refractivity contribution in [1.82, 2.24) is 25.0 Å². The van der Waals surface area contributed by atoms with Crippen molar-refractivity contribution in [1.29, 1.82) is 0 Å². The Hall–Kier alpha value is -1.57. The van der Waals surface area contributed by atoms with E-state index in [0.717, 1.165) is 53.8 Å². The number of hydrogen-bond acceptors (Lipinski definition) is 5. The Morgan fingerprint density at radius 1 is 1.32 bits per heavy atom. The molecule has 1 fully saturated rings. The number of methoxy groups -OCH3 is 1. The third kappa shape index (κ3) is 4.53. The number of amides is 1. The van der Waals surface area contributed by atoms with Gasteiger partial charge in [-0.1, -0.05) is 0 Å². The fourth-order valence-corrected chi connectivity index (χ4v) is 4.09. The van der Waals surface area contributed by atoms with E-state index < -0.39 is 0 Å². The molecule has 0 bridgehead atoms. The van der Waals surface area contributed by atoms with Gasteiger partial charge in [0.15, 0.2) is 5.65 Å². The van der Waals surface area contributed by atoms with Crippen LogP contribution >= 0.6 is 24.8 Å². The maximum Gasteiger partial charge on any atom is 0.242 e. The van der Waals surface area contributed by atoms with Gasteiger partial charge in [0.1, 0.15) is 0 Å². The van der Waals surface area contributed by atoms with E-state index in [2.05, 4.69) is 17.3 Å². The smallest absolute Gasteiger partial charge is 0.242 e. The zero-order valence-corrected chi connectivity index (χ0v) is 18.9. The van der Waals surface area contributed by atoms with Crippen molar-refractivity contribution in [2.45, 2.75) is 45.6 Å². The lowest BCUT2D eigenvalue weighted by Crippen LogP contribution is -2.40. The normalized spacial score (nSPS) is 16.0. The average molecular weight is 432 g/mol. The molecule has 28 heavy (non-hydrogen) atoms. The van der Waals surface area contributed by atoms with E-state index >= 15 is 0 Å². The van der Waals surface area contributed by atoms with Crippen molar-refractivity contribution in [3.05, 3.63) is 16.8 Å². The molecule has 3 heterocycles. The number of halogens is 2. The first kappa shape index (κ1) is 24.5. The number of ether oxygens (including phenoxy) is 1. The minimum absolute atomic E-state index is 0. The Morgan fingerprint density at radius 3 is 2.68 bits per heavy atom. The Bertz CT molecular complexity index is 824. The molecule has 0 saturated carbocycles. The molecule has 1 aliphatic heterocycles. The minimum atomic E-state index is 0. The largest absolute Gasteiger partial charge is 0.479 e. The van der Waals surface area contributed by atoms with Crippen LogP contribution in [0.3, 0.4) is 0 Å². The van der Waals surface area contributed by atoms with Crippen molar-refractivity contribution in [3.8, 4) is 5.88 Å². The summed E-state index contributed by atoms with van der Waals surface area (Å²) < 4.78 is 7.16. The highest BCUT2D eigenvalue weighted by molar-refractivity contribution is 5.86. The molecular weight excluding hydrogens is 401 g/mol. The lowest BCUT2D eigenvalue weighted by Gasteiger charge is -2.25. The molecule has 2 aromatic rings. The first-order valence-electron chi connectivity index (χ1n) is 9.28. The van der Waals surface area contributed by atoms with Gasteiger partial charge in [-0.15, -0.1) is 29.9 Å². The van der Waals surface area contributed by atoms with Crippen molar-refractivity contribution in [2.24, 2.45) is 7.05 Å². The molecule has 9 heteroatoms. The van der Waals surface area contributed by atoms with Gasteiger partial charge in [-0.05, 0) is 51.3 Å². The number of pyridine rings is 1. The summed E-state index contributed by atoms with van der Waals surface area (Å²) in [5.41, 5.74) is 4.02. The summed E-state index contributed by atoms with van der Waals surface area (Å²) in [6.07, 6.45) is 3.39. The van der Waals surface area contributed by atoms with Gasteiger partial charge in [0.2, 0.25) is 11.8 Å². The summed E-state index contributed by atoms with van der Waals surface area (Å²) in [4.78, 5) is 19.5. The number of aromatic nitrogens is 3. The average Bonchev–Trinajstić information content (AvgIpc) is 3.19. The Morgan fingerprint density at radius 2 is 2.04 bits per heavy atom. The van der Waals surface area contributed by atoms with Crippen LogP contribution in [0, 0.1) is 13.8 Å². The quantitative estimate of drug-likeness (QED) is 0.760. The van der Waals surface area contributed by atoms with E-state index in [4.69, 9.17) is 9.72 Å². The van der Waals surface area contributed by atoms with Crippen LogP contribution in [0.1, 0.15) is 36.1 Å². The lowest BCUT2D eigenvalue weighted by atomic mass is 10.00. The zero-order valence-electron chi connectivity index (χ0n) is 17.2. The van der Waals surface area contributed by atoms with E-state index in [1.807, 2.05) is 25.9 Å². The molecule has 0 spiro atoms. The van der Waals surface area contributed by atoms with Gasteiger partial charge in [0, 0.05) is 38.3 Å². The summed E-state index contributed by atoms with van der Waals surface area (Å²) in [6.45, 7) is 5.81. The Balaban J connectivity index is 0.00000196. The third-order valence-electron chi connectivity index (χ3n) is 5.44. The number of carbonyl (C=O) groups excluding carboxylic acids is 1. The van der Waals surface area contributed by atoms with E-state index in [1.165, 1.54) is 0 Å². The SMILES string of the molecule is CNCC1CCCN1C(=O)CCc1c(C)nc2c(c(OC)nn2C)c1C.Cl.Cl. The molecule has 1 saturated heterocycles. The van der Waals surface area contributed by atoms with Crippen molar-refractivity contribution in [2.75, 3.05) is 27.2 Å². The number of likely N-dealkylation sites (N-methyl/N-ethyl adjacent to an activating group) is 1. The number of likely N-dealkylation sites (tertiary alicyclic amines) is 1. The van der Waals surface area contributed by atoms with E-state index in [-0.39, 0.29) is 30.7 Å². The Labute approximate surface area is 179 Å². The third-order valence-corrected chi connectivity index (χ3v) is 5.44. The van der Waals surface area contributed by atoms with Gasteiger partial charge in [-0.3, -0.25) is 4.79 Å². The molecule has 1 amide bonds. The van der Waals surface area contributed by atoms with Crippen LogP contribution in [0.15, 0.2) is 0 Å². The van der Waals surface area contributed by atoms with Gasteiger partial charge in [0.25, 0.3) is 0 Å². The van der Waals surface area contributed by atoms with Crippen molar-refractivity contribution in [3.63, 3.8) is 0 Å². The van der Waals surface area contributed by atoms with Crippen molar-refractivity contribution < 1.29 is 9.53 Å². The van der Waals surface area contributed by atoms with Gasteiger partial charge in [0.05, 0.1) is 12.5 Å². The van der Waals surface area contributed by atoms with Crippen molar-refractivity contribution >= 4 is 41.8 Å². The molecule has 0 aliphatic carbocycles. The number of nitrogens with one attached hydrogen (secondary N) is 1. The number of fused-ring (bicyclic) bond motifs is 1. The number of carbonyl (C=O) groups is 1. The summed E-state index contributed by atoms with van der Waals surface area (Å²) in [6, 6.07) is 0.328. The highest BCUT2D eigenvalue weighted by Gasteiger charge is 2.28. The molecule has 1 N–H and O–H groups in total. The van der Waals surface area contributed by atoms with Crippen LogP contribution in [-0.4, -0.2) is 58.9 Å². The second kappa shape index (κ2) is 10.3. The van der Waals surface area contributed by atoms with Crippen LogP contribution in [0.25, 0.3) is 11.0 Å². The predicted octanol–water partition coefficient (Wildman–Crippen LogP) is 2.58. The van der Waals surface area contributed by atoms with E-state index in [0.29, 0.717) is 24.8 Å². The molecule has 1 aliphatic rings. The minimum Gasteiger partial charge on any atom is -0.479 e. The second-order valence-corrected chi connectivity index (χ2v) is 7.07. The van der Waals surface area contributed by atoms with Crippen LogP contribution in [-0.2, 0) is 18.3 Å². The Kier molecular flexibility index (Phi) is 8.98. The van der Waals surface area contributed by atoms with Gasteiger partial charge in [-0.2, -0.15) is 0 Å². The maximum atomic E-state index is 12.8. The summed E-state index contributed by atoms with van der Waals surface area (Å²) in [5, 5.41) is 8.53. The molecule has 2 aromatic heterocycles. The number of aryl methyl sites for hydroxylation is 3. The highest BCUT2D eigenvalue weighted by Crippen LogP contribution is 2.30. The first-order valence-corrected chi connectivity index (χ1v) is 9.28. The van der Waals surface area contributed by atoms with Gasteiger partial charge in [-0.25, -0.2) is 9.67 Å². The highest BCUT2D eigenvalue weighted by atomic mass is 35.5. The van der Waals surface area contributed by atoms with E-state index in [1.54, 1.807) is 11.8 Å². The lowest BCUT2D eigenvalue weighted by molar-refractivity contribution is -0.131. The molecule has 1 unspecified atom stereocenters. The molecule has 1 atom stereocenters. The van der Waals surface area contributed by atoms with Crippen LogP contribution < -0.4 is 10.1 Å². The first-order chi connectivity index (χ1) is 12.5. The number of nitrogens with zero attached hydrogens (tertiary/aromatic N) is 4. The van der Waals surface area contributed by atoms with Crippen LogP contribution in [0.4, 0.5) is 0 Å². The monoisotopic (exact) mass is 431 g/mol. The molecule has 0 radical (unpaired) electrons. The summed E-state index contributed by atoms with van der Waals surface area (Å²) in [5.74, 6) is 0.827. The van der Waals surface area contributed by atoms with Gasteiger partial charge >= 0.3 is 0 Å². The second-order valence-electron chi connectivity index (χ2n) is 7.07.